The summed E-state index contributed by atoms with van der Waals surface area (Å²) in [6, 6.07) is 9.86. The molecule has 0 N–H and O–H groups in total. The van der Waals surface area contributed by atoms with E-state index in [1.807, 2.05) is 6.07 Å². The van der Waals surface area contributed by atoms with Crippen molar-refractivity contribution in [3.63, 3.8) is 0 Å². The summed E-state index contributed by atoms with van der Waals surface area (Å²) in [4.78, 5) is 16.6. The van der Waals surface area contributed by atoms with E-state index in [1.165, 1.54) is 13.2 Å². The zero-order chi connectivity index (χ0) is 18.7. The molecule has 0 radical (unpaired) electrons. The van der Waals surface area contributed by atoms with Gasteiger partial charge in [0.15, 0.2) is 11.6 Å². The van der Waals surface area contributed by atoms with E-state index in [9.17, 15) is 9.18 Å². The lowest BCUT2D eigenvalue weighted by molar-refractivity contribution is 0.0628. The third-order valence-corrected chi connectivity index (χ3v) is 4.99. The molecule has 3 rings (SSSR count). The van der Waals surface area contributed by atoms with Crippen molar-refractivity contribution in [3.05, 3.63) is 63.4 Å². The molecule has 0 spiro atoms. The SMILES string of the molecule is COc1ccc(CN2CCN(C(=O)c3ccc(Cl)cc3Cl)CC2)cc1F. The second-order valence-electron chi connectivity index (χ2n) is 6.16. The third-order valence-electron chi connectivity index (χ3n) is 4.44. The summed E-state index contributed by atoms with van der Waals surface area (Å²) in [5, 5.41) is 0.863. The van der Waals surface area contributed by atoms with Gasteiger partial charge in [0.05, 0.1) is 17.7 Å². The summed E-state index contributed by atoms with van der Waals surface area (Å²) in [5.74, 6) is -0.220. The first-order valence-electron chi connectivity index (χ1n) is 8.27. The lowest BCUT2D eigenvalue weighted by atomic mass is 10.1. The summed E-state index contributed by atoms with van der Waals surface area (Å²) in [6.07, 6.45) is 0. The average Bonchev–Trinajstić information content (AvgIpc) is 2.62. The minimum Gasteiger partial charge on any atom is -0.494 e. The average molecular weight is 397 g/mol. The molecule has 1 fully saturated rings. The normalized spacial score (nSPS) is 15.2. The smallest absolute Gasteiger partial charge is 0.255 e. The lowest BCUT2D eigenvalue weighted by Crippen LogP contribution is -2.48. The lowest BCUT2D eigenvalue weighted by Gasteiger charge is -2.35. The molecule has 4 nitrogen and oxygen atoms in total. The number of amides is 1. The number of piperazine rings is 1. The number of hydrogen-bond acceptors (Lipinski definition) is 3. The molecule has 0 atom stereocenters. The van der Waals surface area contributed by atoms with Gasteiger partial charge in [0, 0.05) is 37.7 Å². The molecule has 1 amide bonds. The van der Waals surface area contributed by atoms with Gasteiger partial charge in [-0.1, -0.05) is 29.3 Å². The molecule has 0 unspecified atom stereocenters. The Kier molecular flexibility index (Phi) is 6.01. The summed E-state index contributed by atoms with van der Waals surface area (Å²) in [7, 11) is 1.45. The van der Waals surface area contributed by atoms with Gasteiger partial charge in [-0.05, 0) is 35.9 Å². The van der Waals surface area contributed by atoms with Crippen LogP contribution in [0.1, 0.15) is 15.9 Å². The molecule has 7 heteroatoms. The van der Waals surface area contributed by atoms with Crippen LogP contribution in [-0.4, -0.2) is 49.0 Å². The van der Waals surface area contributed by atoms with Crippen molar-refractivity contribution in [2.24, 2.45) is 0 Å². The number of benzene rings is 2. The van der Waals surface area contributed by atoms with Crippen LogP contribution in [-0.2, 0) is 6.54 Å². The number of carbonyl (C=O) groups is 1. The summed E-state index contributed by atoms with van der Waals surface area (Å²) >= 11 is 12.0. The zero-order valence-corrected chi connectivity index (χ0v) is 15.9. The fourth-order valence-electron chi connectivity index (χ4n) is 3.01. The highest BCUT2D eigenvalue weighted by Crippen LogP contribution is 2.23. The quantitative estimate of drug-likeness (QED) is 0.779. The van der Waals surface area contributed by atoms with Gasteiger partial charge in [0.25, 0.3) is 5.91 Å². The first-order valence-corrected chi connectivity index (χ1v) is 9.02. The molecule has 1 aliphatic rings. The van der Waals surface area contributed by atoms with Crippen LogP contribution in [0, 0.1) is 5.82 Å². The first kappa shape index (κ1) is 19.0. The second kappa shape index (κ2) is 8.25. The third kappa shape index (κ3) is 4.29. The summed E-state index contributed by atoms with van der Waals surface area (Å²) in [6.45, 7) is 3.24. The fraction of sp³-hybridized carbons (Fsp3) is 0.316. The number of carbonyl (C=O) groups excluding carboxylic acids is 1. The van der Waals surface area contributed by atoms with Crippen molar-refractivity contribution < 1.29 is 13.9 Å². The van der Waals surface area contributed by atoms with E-state index in [2.05, 4.69) is 4.90 Å². The van der Waals surface area contributed by atoms with Gasteiger partial charge in [-0.25, -0.2) is 4.39 Å². The molecule has 0 aromatic heterocycles. The van der Waals surface area contributed by atoms with Crippen LogP contribution in [0.5, 0.6) is 5.75 Å². The van der Waals surface area contributed by atoms with Crippen LogP contribution in [0.3, 0.4) is 0 Å². The van der Waals surface area contributed by atoms with Crippen molar-refractivity contribution in [2.75, 3.05) is 33.3 Å². The van der Waals surface area contributed by atoms with Gasteiger partial charge >= 0.3 is 0 Å². The molecule has 0 saturated carbocycles. The van der Waals surface area contributed by atoms with E-state index < -0.39 is 0 Å². The number of rotatable bonds is 4. The number of halogens is 3. The Balaban J connectivity index is 1.58. The van der Waals surface area contributed by atoms with Gasteiger partial charge in [-0.3, -0.25) is 9.69 Å². The molecule has 0 aliphatic carbocycles. The van der Waals surface area contributed by atoms with Gasteiger partial charge < -0.3 is 9.64 Å². The van der Waals surface area contributed by atoms with E-state index in [-0.39, 0.29) is 17.5 Å². The molecule has 0 bridgehead atoms. The number of ether oxygens (including phenoxy) is 1. The van der Waals surface area contributed by atoms with Crippen LogP contribution >= 0.6 is 23.2 Å². The van der Waals surface area contributed by atoms with E-state index in [1.54, 1.807) is 29.2 Å². The minimum absolute atomic E-state index is 0.0955. The maximum Gasteiger partial charge on any atom is 0.255 e. The monoisotopic (exact) mass is 396 g/mol. The number of nitrogens with zero attached hydrogens (tertiary/aromatic N) is 2. The fourth-order valence-corrected chi connectivity index (χ4v) is 3.50. The van der Waals surface area contributed by atoms with Crippen LogP contribution in [0.4, 0.5) is 4.39 Å². The largest absolute Gasteiger partial charge is 0.494 e. The van der Waals surface area contributed by atoms with E-state index in [0.717, 1.165) is 5.56 Å². The Morgan fingerprint density at radius 1 is 1.12 bits per heavy atom. The van der Waals surface area contributed by atoms with Crippen molar-refractivity contribution in [1.29, 1.82) is 0 Å². The van der Waals surface area contributed by atoms with Gasteiger partial charge in [-0.15, -0.1) is 0 Å². The predicted octanol–water partition coefficient (Wildman–Crippen LogP) is 4.10. The van der Waals surface area contributed by atoms with E-state index in [0.29, 0.717) is 48.3 Å². The summed E-state index contributed by atoms with van der Waals surface area (Å²) < 4.78 is 18.7. The van der Waals surface area contributed by atoms with Crippen LogP contribution in [0.15, 0.2) is 36.4 Å². The Bertz CT molecular complexity index is 808. The topological polar surface area (TPSA) is 32.8 Å². The molecule has 1 heterocycles. The second-order valence-corrected chi connectivity index (χ2v) is 7.01. The number of methoxy groups -OCH3 is 1. The Hall–Kier alpha value is -1.82. The molecular weight excluding hydrogens is 378 g/mol. The molecule has 138 valence electrons. The first-order chi connectivity index (χ1) is 12.5. The Morgan fingerprint density at radius 3 is 2.46 bits per heavy atom. The Labute approximate surface area is 162 Å². The highest BCUT2D eigenvalue weighted by Gasteiger charge is 2.23. The minimum atomic E-state index is -0.365. The molecule has 1 aliphatic heterocycles. The highest BCUT2D eigenvalue weighted by atomic mass is 35.5. The van der Waals surface area contributed by atoms with Crippen molar-refractivity contribution >= 4 is 29.1 Å². The van der Waals surface area contributed by atoms with E-state index in [4.69, 9.17) is 27.9 Å². The molecule has 26 heavy (non-hydrogen) atoms. The van der Waals surface area contributed by atoms with Gasteiger partial charge in [0.2, 0.25) is 0 Å². The maximum absolute atomic E-state index is 13.8. The standard InChI is InChI=1S/C19H19Cl2FN2O2/c1-26-18-5-2-13(10-17(18)22)12-23-6-8-24(9-7-23)19(25)15-4-3-14(20)11-16(15)21/h2-5,10-11H,6-9,12H2,1H3. The molecule has 2 aromatic rings. The predicted molar refractivity (Wildman–Crippen MR) is 101 cm³/mol. The van der Waals surface area contributed by atoms with Crippen molar-refractivity contribution in [1.82, 2.24) is 9.80 Å². The van der Waals surface area contributed by atoms with Crippen LogP contribution in [0.25, 0.3) is 0 Å². The van der Waals surface area contributed by atoms with Crippen molar-refractivity contribution in [2.45, 2.75) is 6.54 Å². The zero-order valence-electron chi connectivity index (χ0n) is 14.3. The molecule has 1 saturated heterocycles. The van der Waals surface area contributed by atoms with Gasteiger partial charge in [-0.2, -0.15) is 0 Å². The van der Waals surface area contributed by atoms with E-state index >= 15 is 0 Å². The van der Waals surface area contributed by atoms with Crippen molar-refractivity contribution in [3.8, 4) is 5.75 Å². The molecule has 2 aromatic carbocycles. The van der Waals surface area contributed by atoms with Crippen LogP contribution < -0.4 is 4.74 Å². The van der Waals surface area contributed by atoms with Crippen LogP contribution in [0.2, 0.25) is 10.0 Å². The van der Waals surface area contributed by atoms with Gasteiger partial charge in [0.1, 0.15) is 0 Å². The highest BCUT2D eigenvalue weighted by molar-refractivity contribution is 6.36. The number of hydrogen-bond donors (Lipinski definition) is 0. The summed E-state index contributed by atoms with van der Waals surface area (Å²) in [5.41, 5.74) is 1.34. The Morgan fingerprint density at radius 2 is 1.85 bits per heavy atom. The maximum atomic E-state index is 13.8. The molecular formula is C19H19Cl2FN2O2.